The van der Waals surface area contributed by atoms with Gasteiger partial charge < -0.3 is 9.09 Å². The SMILES string of the molecule is Cc1noc(C)c1-c1cnc2c(-c3cnn(C(F)F)c3)cn(CC3CC(C)(F)C3)c2c1. The van der Waals surface area contributed by atoms with Gasteiger partial charge in [-0.25, -0.2) is 9.07 Å². The van der Waals surface area contributed by atoms with Gasteiger partial charge in [-0.1, -0.05) is 5.16 Å². The van der Waals surface area contributed by atoms with E-state index in [1.54, 1.807) is 13.1 Å². The molecule has 0 aliphatic heterocycles. The van der Waals surface area contributed by atoms with Gasteiger partial charge in [0.05, 0.1) is 22.9 Å². The third-order valence-electron chi connectivity index (χ3n) is 6.04. The van der Waals surface area contributed by atoms with Crippen LogP contribution >= 0.6 is 0 Å². The highest BCUT2D eigenvalue weighted by molar-refractivity contribution is 5.94. The number of aryl methyl sites for hydroxylation is 2. The van der Waals surface area contributed by atoms with Gasteiger partial charge >= 0.3 is 6.55 Å². The predicted octanol–water partition coefficient (Wildman–Crippen LogP) is 5.70. The summed E-state index contributed by atoms with van der Waals surface area (Å²) in [6.45, 7) is 3.26. The fourth-order valence-corrected chi connectivity index (χ4v) is 4.70. The lowest BCUT2D eigenvalue weighted by Crippen LogP contribution is -2.38. The van der Waals surface area contributed by atoms with Gasteiger partial charge in [-0.3, -0.25) is 4.98 Å². The smallest absolute Gasteiger partial charge is 0.333 e. The Kier molecular flexibility index (Phi) is 4.46. The average Bonchev–Trinajstić information content (AvgIpc) is 3.38. The van der Waals surface area contributed by atoms with E-state index in [0.29, 0.717) is 40.9 Å². The van der Waals surface area contributed by atoms with Crippen LogP contribution < -0.4 is 0 Å². The Bertz CT molecular complexity index is 1240. The summed E-state index contributed by atoms with van der Waals surface area (Å²) in [4.78, 5) is 4.66. The Balaban J connectivity index is 1.62. The highest BCUT2D eigenvalue weighted by Crippen LogP contribution is 2.43. The van der Waals surface area contributed by atoms with Crippen molar-refractivity contribution in [2.24, 2.45) is 5.92 Å². The van der Waals surface area contributed by atoms with E-state index >= 15 is 0 Å². The third kappa shape index (κ3) is 3.41. The molecule has 1 fully saturated rings. The number of hydrogen-bond donors (Lipinski definition) is 0. The average molecular weight is 429 g/mol. The van der Waals surface area contributed by atoms with E-state index in [4.69, 9.17) is 4.52 Å². The molecule has 0 spiro atoms. The van der Waals surface area contributed by atoms with Crippen LogP contribution in [0.3, 0.4) is 0 Å². The molecule has 0 bridgehead atoms. The molecule has 0 radical (unpaired) electrons. The number of nitrogens with zero attached hydrogens (tertiary/aromatic N) is 5. The molecule has 6 nitrogen and oxygen atoms in total. The van der Waals surface area contributed by atoms with Crippen molar-refractivity contribution in [3.63, 3.8) is 0 Å². The molecule has 4 aromatic rings. The summed E-state index contributed by atoms with van der Waals surface area (Å²) in [5, 5.41) is 7.78. The van der Waals surface area contributed by atoms with Gasteiger partial charge in [-0.15, -0.1) is 0 Å². The molecule has 1 saturated carbocycles. The topological polar surface area (TPSA) is 61.7 Å². The maximum Gasteiger partial charge on any atom is 0.333 e. The number of hydrogen-bond acceptors (Lipinski definition) is 4. The molecule has 4 aromatic heterocycles. The van der Waals surface area contributed by atoms with Crippen LogP contribution in [0.5, 0.6) is 0 Å². The Hall–Kier alpha value is -3.10. The van der Waals surface area contributed by atoms with E-state index in [9.17, 15) is 13.2 Å². The number of rotatable bonds is 5. The number of fused-ring (bicyclic) bond motifs is 1. The van der Waals surface area contributed by atoms with Crippen LogP contribution in [0.4, 0.5) is 13.2 Å². The van der Waals surface area contributed by atoms with Gasteiger partial charge in [-0.05, 0) is 45.6 Å². The second kappa shape index (κ2) is 6.96. The Labute approximate surface area is 176 Å². The number of pyridine rings is 1. The van der Waals surface area contributed by atoms with Crippen molar-refractivity contribution in [2.45, 2.75) is 52.4 Å². The van der Waals surface area contributed by atoms with Crippen LogP contribution in [0.1, 0.15) is 37.8 Å². The molecule has 0 unspecified atom stereocenters. The van der Waals surface area contributed by atoms with Crippen molar-refractivity contribution in [1.29, 1.82) is 0 Å². The second-order valence-electron chi connectivity index (χ2n) is 8.66. The molecule has 4 heterocycles. The Morgan fingerprint density at radius 2 is 1.97 bits per heavy atom. The molecular formula is C22H22F3N5O. The van der Waals surface area contributed by atoms with Crippen molar-refractivity contribution in [1.82, 2.24) is 24.5 Å². The van der Waals surface area contributed by atoms with Gasteiger partial charge in [0.15, 0.2) is 0 Å². The minimum absolute atomic E-state index is 0.213. The molecule has 0 atom stereocenters. The second-order valence-corrected chi connectivity index (χ2v) is 8.66. The molecule has 0 amide bonds. The maximum atomic E-state index is 14.0. The van der Waals surface area contributed by atoms with Crippen LogP contribution in [-0.2, 0) is 6.54 Å². The lowest BCUT2D eigenvalue weighted by molar-refractivity contribution is 0.0178. The first-order valence-electron chi connectivity index (χ1n) is 10.2. The van der Waals surface area contributed by atoms with Crippen LogP contribution in [-0.4, -0.2) is 30.2 Å². The van der Waals surface area contributed by atoms with Crippen LogP contribution in [0.15, 0.2) is 35.4 Å². The number of halogens is 3. The summed E-state index contributed by atoms with van der Waals surface area (Å²) in [5.41, 5.74) is 4.21. The van der Waals surface area contributed by atoms with E-state index in [-0.39, 0.29) is 5.92 Å². The number of aromatic nitrogens is 5. The molecule has 9 heteroatoms. The fraction of sp³-hybridized carbons (Fsp3) is 0.409. The van der Waals surface area contributed by atoms with E-state index < -0.39 is 12.2 Å². The normalized spacial score (nSPS) is 21.2. The van der Waals surface area contributed by atoms with Crippen LogP contribution in [0.25, 0.3) is 33.3 Å². The van der Waals surface area contributed by atoms with E-state index in [0.717, 1.165) is 27.9 Å². The number of alkyl halides is 3. The third-order valence-corrected chi connectivity index (χ3v) is 6.04. The highest BCUT2D eigenvalue weighted by atomic mass is 19.3. The molecule has 0 saturated heterocycles. The summed E-state index contributed by atoms with van der Waals surface area (Å²) < 4.78 is 48.1. The summed E-state index contributed by atoms with van der Waals surface area (Å²) in [6.07, 6.45) is 7.37. The predicted molar refractivity (Wildman–Crippen MR) is 109 cm³/mol. The van der Waals surface area contributed by atoms with Gasteiger partial charge in [0.2, 0.25) is 0 Å². The minimum Gasteiger partial charge on any atom is -0.361 e. The zero-order valence-corrected chi connectivity index (χ0v) is 17.4. The monoisotopic (exact) mass is 429 g/mol. The maximum absolute atomic E-state index is 14.0. The zero-order chi connectivity index (χ0) is 21.9. The molecule has 162 valence electrons. The zero-order valence-electron chi connectivity index (χ0n) is 17.4. The van der Waals surface area contributed by atoms with Gasteiger partial charge in [0.1, 0.15) is 11.4 Å². The van der Waals surface area contributed by atoms with Crippen molar-refractivity contribution >= 4 is 11.0 Å². The first-order chi connectivity index (χ1) is 14.7. The first kappa shape index (κ1) is 19.8. The fourth-order valence-electron chi connectivity index (χ4n) is 4.70. The van der Waals surface area contributed by atoms with Gasteiger partial charge in [0.25, 0.3) is 0 Å². The Morgan fingerprint density at radius 3 is 2.58 bits per heavy atom. The largest absolute Gasteiger partial charge is 0.361 e. The molecular weight excluding hydrogens is 407 g/mol. The Morgan fingerprint density at radius 1 is 1.19 bits per heavy atom. The first-order valence-corrected chi connectivity index (χ1v) is 10.2. The van der Waals surface area contributed by atoms with Crippen LogP contribution in [0, 0.1) is 19.8 Å². The molecule has 31 heavy (non-hydrogen) atoms. The van der Waals surface area contributed by atoms with Gasteiger partial charge in [0, 0.05) is 47.4 Å². The molecule has 1 aliphatic rings. The summed E-state index contributed by atoms with van der Waals surface area (Å²) in [7, 11) is 0. The van der Waals surface area contributed by atoms with Crippen molar-refractivity contribution in [3.05, 3.63) is 42.3 Å². The van der Waals surface area contributed by atoms with Crippen LogP contribution in [0.2, 0.25) is 0 Å². The molecule has 0 N–H and O–H groups in total. The lowest BCUT2D eigenvalue weighted by atomic mass is 9.73. The van der Waals surface area contributed by atoms with Gasteiger partial charge in [-0.2, -0.15) is 13.9 Å². The van der Waals surface area contributed by atoms with Crippen molar-refractivity contribution in [3.8, 4) is 22.3 Å². The summed E-state index contributed by atoms with van der Waals surface area (Å²) in [6, 6.07) is 2.00. The van der Waals surface area contributed by atoms with E-state index in [1.807, 2.05) is 30.7 Å². The quantitative estimate of drug-likeness (QED) is 0.408. The molecule has 1 aliphatic carbocycles. The highest BCUT2D eigenvalue weighted by Gasteiger charge is 2.40. The van der Waals surface area contributed by atoms with E-state index in [1.165, 1.54) is 12.4 Å². The lowest BCUT2D eigenvalue weighted by Gasteiger charge is -2.39. The minimum atomic E-state index is -2.71. The van der Waals surface area contributed by atoms with Crippen molar-refractivity contribution < 1.29 is 17.7 Å². The van der Waals surface area contributed by atoms with Crippen molar-refractivity contribution in [2.75, 3.05) is 0 Å². The summed E-state index contributed by atoms with van der Waals surface area (Å²) in [5.74, 6) is 0.910. The summed E-state index contributed by atoms with van der Waals surface area (Å²) >= 11 is 0. The molecule has 5 rings (SSSR count). The standard InChI is InChI=1S/C22H22F3N5O/c1-12-19(13(2)31-28-12)15-4-18-20(26-7-15)17(16-8-27-30(10-16)21(23)24)11-29(18)9-14-5-22(3,25)6-14/h4,7-8,10-11,14,21H,5-6,9H2,1-3H3. The van der Waals surface area contributed by atoms with E-state index in [2.05, 4.69) is 15.2 Å². The molecule has 0 aromatic carbocycles.